The van der Waals surface area contributed by atoms with Crippen molar-refractivity contribution in [3.8, 4) is 0 Å². The van der Waals surface area contributed by atoms with E-state index in [0.717, 1.165) is 31.5 Å². The van der Waals surface area contributed by atoms with E-state index in [2.05, 4.69) is 31.2 Å². The zero-order chi connectivity index (χ0) is 14.9. The molecule has 1 aromatic rings. The second-order valence-corrected chi connectivity index (χ2v) is 5.87. The Morgan fingerprint density at radius 1 is 1.05 bits per heavy atom. The highest BCUT2D eigenvalue weighted by Crippen LogP contribution is 2.13. The van der Waals surface area contributed by atoms with Gasteiger partial charge in [0.15, 0.2) is 0 Å². The van der Waals surface area contributed by atoms with Crippen molar-refractivity contribution in [3.05, 3.63) is 47.5 Å². The molecule has 0 N–H and O–H groups in total. The van der Waals surface area contributed by atoms with Crippen molar-refractivity contribution in [2.24, 2.45) is 0 Å². The normalized spacial score (nSPS) is 14.4. The second kappa shape index (κ2) is 8.66. The minimum atomic E-state index is 0.161. The molecular formula is C19H27NO. The number of carbonyl (C=O) groups excluding carboxylic acids is 1. The highest BCUT2D eigenvalue weighted by molar-refractivity contribution is 5.94. The fourth-order valence-electron chi connectivity index (χ4n) is 2.75. The van der Waals surface area contributed by atoms with Crippen molar-refractivity contribution >= 4 is 5.91 Å². The van der Waals surface area contributed by atoms with Gasteiger partial charge in [0.25, 0.3) is 5.91 Å². The Balaban J connectivity index is 1.81. The number of benzene rings is 1. The predicted octanol–water partition coefficient (Wildman–Crippen LogP) is 4.60. The van der Waals surface area contributed by atoms with Crippen molar-refractivity contribution in [2.45, 2.75) is 51.9 Å². The molecule has 0 unspecified atom stereocenters. The van der Waals surface area contributed by atoms with Crippen molar-refractivity contribution in [1.29, 1.82) is 0 Å². The molecule has 2 rings (SSSR count). The maximum absolute atomic E-state index is 12.3. The summed E-state index contributed by atoms with van der Waals surface area (Å²) in [7, 11) is 0. The summed E-state index contributed by atoms with van der Waals surface area (Å²) in [6, 6.07) is 8.21. The molecule has 2 nitrogen and oxygen atoms in total. The Kier molecular flexibility index (Phi) is 6.52. The molecule has 0 spiro atoms. The van der Waals surface area contributed by atoms with E-state index in [1.807, 2.05) is 17.0 Å². The number of aryl methyl sites for hydroxylation is 1. The smallest absolute Gasteiger partial charge is 0.254 e. The van der Waals surface area contributed by atoms with Crippen LogP contribution in [0.4, 0.5) is 0 Å². The van der Waals surface area contributed by atoms with Crippen LogP contribution in [0.15, 0.2) is 36.4 Å². The molecule has 21 heavy (non-hydrogen) atoms. The van der Waals surface area contributed by atoms with Crippen LogP contribution >= 0.6 is 0 Å². The van der Waals surface area contributed by atoms with Gasteiger partial charge < -0.3 is 4.90 Å². The van der Waals surface area contributed by atoms with Crippen molar-refractivity contribution in [3.63, 3.8) is 0 Å². The summed E-state index contributed by atoms with van der Waals surface area (Å²) in [6.07, 6.45) is 12.9. The molecule has 1 aliphatic rings. The summed E-state index contributed by atoms with van der Waals surface area (Å²) in [5, 5.41) is 0. The Labute approximate surface area is 128 Å². The van der Waals surface area contributed by atoms with Gasteiger partial charge in [0, 0.05) is 18.7 Å². The van der Waals surface area contributed by atoms with E-state index in [0.29, 0.717) is 0 Å². The van der Waals surface area contributed by atoms with Crippen LogP contribution in [-0.2, 0) is 6.42 Å². The number of hydrogen-bond acceptors (Lipinski definition) is 1. The molecule has 1 amide bonds. The van der Waals surface area contributed by atoms with Crippen LogP contribution in [0.3, 0.4) is 0 Å². The zero-order valence-corrected chi connectivity index (χ0v) is 13.2. The fourth-order valence-corrected chi connectivity index (χ4v) is 2.75. The standard InChI is InChI=1S/C19H27NO/c1-2-3-4-5-7-10-17-11-13-18(14-12-17)19(21)20-15-8-6-9-16-20/h6,8,11-14H,2-5,7,9-10,15-16H2,1H3. The minimum absolute atomic E-state index is 0.161. The summed E-state index contributed by atoms with van der Waals surface area (Å²) in [5.74, 6) is 0.161. The first-order valence-corrected chi connectivity index (χ1v) is 8.34. The molecule has 1 aromatic carbocycles. The van der Waals surface area contributed by atoms with E-state index in [-0.39, 0.29) is 5.91 Å². The minimum Gasteiger partial charge on any atom is -0.335 e. The van der Waals surface area contributed by atoms with Crippen LogP contribution in [0.1, 0.15) is 61.4 Å². The van der Waals surface area contributed by atoms with Crippen LogP contribution in [-0.4, -0.2) is 23.9 Å². The van der Waals surface area contributed by atoms with E-state index in [1.54, 1.807) is 0 Å². The average Bonchev–Trinajstić information content (AvgIpc) is 2.55. The lowest BCUT2D eigenvalue weighted by Gasteiger charge is -2.23. The van der Waals surface area contributed by atoms with E-state index >= 15 is 0 Å². The first-order valence-electron chi connectivity index (χ1n) is 8.34. The highest BCUT2D eigenvalue weighted by atomic mass is 16.2. The van der Waals surface area contributed by atoms with E-state index < -0.39 is 0 Å². The lowest BCUT2D eigenvalue weighted by Crippen LogP contribution is -2.33. The molecule has 0 saturated heterocycles. The first-order chi connectivity index (χ1) is 10.3. The van der Waals surface area contributed by atoms with E-state index in [1.165, 1.54) is 37.7 Å². The van der Waals surface area contributed by atoms with Gasteiger partial charge in [-0.1, -0.05) is 56.9 Å². The molecule has 1 aliphatic heterocycles. The van der Waals surface area contributed by atoms with Gasteiger partial charge in [-0.2, -0.15) is 0 Å². The van der Waals surface area contributed by atoms with Gasteiger partial charge in [0.1, 0.15) is 0 Å². The SMILES string of the molecule is CCCCCCCc1ccc(C(=O)N2CC=CCC2)cc1. The number of unbranched alkanes of at least 4 members (excludes halogenated alkanes) is 4. The molecule has 1 heterocycles. The predicted molar refractivity (Wildman–Crippen MR) is 88.6 cm³/mol. The summed E-state index contributed by atoms with van der Waals surface area (Å²) < 4.78 is 0. The third-order valence-electron chi connectivity index (χ3n) is 4.12. The molecule has 0 aliphatic carbocycles. The molecule has 2 heteroatoms. The Morgan fingerprint density at radius 2 is 1.81 bits per heavy atom. The van der Waals surface area contributed by atoms with Gasteiger partial charge in [-0.05, 0) is 37.0 Å². The summed E-state index contributed by atoms with van der Waals surface area (Å²) >= 11 is 0. The van der Waals surface area contributed by atoms with Gasteiger partial charge in [0.05, 0.1) is 0 Å². The number of rotatable bonds is 7. The van der Waals surface area contributed by atoms with Crippen molar-refractivity contribution in [1.82, 2.24) is 4.90 Å². The monoisotopic (exact) mass is 285 g/mol. The summed E-state index contributed by atoms with van der Waals surface area (Å²) in [5.41, 5.74) is 2.17. The van der Waals surface area contributed by atoms with Crippen LogP contribution < -0.4 is 0 Å². The van der Waals surface area contributed by atoms with Gasteiger partial charge in [0.2, 0.25) is 0 Å². The van der Waals surface area contributed by atoms with E-state index in [4.69, 9.17) is 0 Å². The molecule has 114 valence electrons. The lowest BCUT2D eigenvalue weighted by atomic mass is 10.0. The quantitative estimate of drug-likeness (QED) is 0.529. The molecule has 0 aromatic heterocycles. The van der Waals surface area contributed by atoms with Gasteiger partial charge >= 0.3 is 0 Å². The molecular weight excluding hydrogens is 258 g/mol. The maximum atomic E-state index is 12.3. The van der Waals surface area contributed by atoms with Gasteiger partial charge in [-0.25, -0.2) is 0 Å². The topological polar surface area (TPSA) is 20.3 Å². The first kappa shape index (κ1) is 15.8. The molecule has 0 saturated carbocycles. The number of carbonyl (C=O) groups is 1. The highest BCUT2D eigenvalue weighted by Gasteiger charge is 2.15. The Bertz CT molecular complexity index is 461. The maximum Gasteiger partial charge on any atom is 0.254 e. The Morgan fingerprint density at radius 3 is 2.48 bits per heavy atom. The zero-order valence-electron chi connectivity index (χ0n) is 13.2. The lowest BCUT2D eigenvalue weighted by molar-refractivity contribution is 0.0771. The summed E-state index contributed by atoms with van der Waals surface area (Å²) in [6.45, 7) is 3.83. The second-order valence-electron chi connectivity index (χ2n) is 5.87. The molecule has 0 atom stereocenters. The van der Waals surface area contributed by atoms with Crippen LogP contribution in [0.2, 0.25) is 0 Å². The van der Waals surface area contributed by atoms with Crippen LogP contribution in [0.5, 0.6) is 0 Å². The number of amides is 1. The number of hydrogen-bond donors (Lipinski definition) is 0. The molecule has 0 radical (unpaired) electrons. The largest absolute Gasteiger partial charge is 0.335 e. The third-order valence-corrected chi connectivity index (χ3v) is 4.12. The van der Waals surface area contributed by atoms with Crippen molar-refractivity contribution < 1.29 is 4.79 Å². The number of nitrogens with zero attached hydrogens (tertiary/aromatic N) is 1. The third kappa shape index (κ3) is 5.04. The fraction of sp³-hybridized carbons (Fsp3) is 0.526. The van der Waals surface area contributed by atoms with Crippen LogP contribution in [0.25, 0.3) is 0 Å². The van der Waals surface area contributed by atoms with E-state index in [9.17, 15) is 4.79 Å². The van der Waals surface area contributed by atoms with Crippen molar-refractivity contribution in [2.75, 3.05) is 13.1 Å². The van der Waals surface area contributed by atoms with Gasteiger partial charge in [-0.15, -0.1) is 0 Å². The summed E-state index contributed by atoms with van der Waals surface area (Å²) in [4.78, 5) is 14.3. The molecule has 0 bridgehead atoms. The molecule has 0 fully saturated rings. The van der Waals surface area contributed by atoms with Gasteiger partial charge in [-0.3, -0.25) is 4.79 Å². The average molecular weight is 285 g/mol. The Hall–Kier alpha value is -1.57. The van der Waals surface area contributed by atoms with Crippen LogP contribution in [0, 0.1) is 0 Å².